The molecule has 0 N–H and O–H groups in total. The van der Waals surface area contributed by atoms with Crippen LogP contribution < -0.4 is 0 Å². The largest absolute Gasteiger partial charge is 0.263 e. The number of thiazole rings is 1. The van der Waals surface area contributed by atoms with Crippen LogP contribution in [0.1, 0.15) is 5.56 Å². The van der Waals surface area contributed by atoms with E-state index in [1.54, 1.807) is 29.8 Å². The van der Waals surface area contributed by atoms with Crippen LogP contribution in [-0.2, 0) is 0 Å². The molecule has 2 aromatic heterocycles. The van der Waals surface area contributed by atoms with Gasteiger partial charge >= 0.3 is 0 Å². The Bertz CT molecular complexity index is 710. The molecule has 0 fully saturated rings. The summed E-state index contributed by atoms with van der Waals surface area (Å²) < 4.78 is 2.09. The highest BCUT2D eigenvalue weighted by Gasteiger charge is 2.08. The molecule has 18 heavy (non-hydrogen) atoms. The van der Waals surface area contributed by atoms with Crippen molar-refractivity contribution in [1.29, 1.82) is 5.26 Å². The summed E-state index contributed by atoms with van der Waals surface area (Å²) in [7, 11) is 0. The predicted molar refractivity (Wildman–Crippen MR) is 72.7 cm³/mol. The molecule has 1 aromatic carbocycles. The van der Waals surface area contributed by atoms with Gasteiger partial charge in [0, 0.05) is 12.4 Å². The highest BCUT2D eigenvalue weighted by atomic mass is 32.2. The van der Waals surface area contributed by atoms with Crippen LogP contribution in [0.15, 0.2) is 52.0 Å². The maximum absolute atomic E-state index is 9.03. The topological polar surface area (TPSA) is 49.6 Å². The number of benzene rings is 1. The third-order valence-corrected chi connectivity index (χ3v) is 4.52. The van der Waals surface area contributed by atoms with Gasteiger partial charge in [0.1, 0.15) is 6.07 Å². The highest BCUT2D eigenvalue weighted by Crippen LogP contribution is 2.35. The fraction of sp³-hybridized carbons (Fsp3) is 0. The van der Waals surface area contributed by atoms with E-state index < -0.39 is 0 Å². The predicted octanol–water partition coefficient (Wildman–Crippen LogP) is 3.71. The van der Waals surface area contributed by atoms with Crippen molar-refractivity contribution in [3.8, 4) is 6.07 Å². The molecule has 86 valence electrons. The van der Waals surface area contributed by atoms with Gasteiger partial charge in [-0.25, -0.2) is 4.98 Å². The number of aromatic nitrogens is 2. The fourth-order valence-corrected chi connectivity index (χ4v) is 3.61. The molecule has 0 aliphatic carbocycles. The van der Waals surface area contributed by atoms with Gasteiger partial charge in [0.15, 0.2) is 4.34 Å². The Kier molecular flexibility index (Phi) is 2.97. The summed E-state index contributed by atoms with van der Waals surface area (Å²) in [5.41, 5.74) is 1.63. The van der Waals surface area contributed by atoms with Gasteiger partial charge in [-0.1, -0.05) is 23.9 Å². The minimum atomic E-state index is 0.634. The van der Waals surface area contributed by atoms with E-state index in [0.29, 0.717) is 5.56 Å². The molecular weight excluding hydrogens is 262 g/mol. The van der Waals surface area contributed by atoms with E-state index in [2.05, 4.69) is 16.0 Å². The maximum Gasteiger partial charge on any atom is 0.156 e. The first-order chi connectivity index (χ1) is 8.86. The molecule has 5 heteroatoms. The van der Waals surface area contributed by atoms with Crippen molar-refractivity contribution in [2.24, 2.45) is 0 Å². The minimum Gasteiger partial charge on any atom is -0.263 e. The summed E-state index contributed by atoms with van der Waals surface area (Å²) >= 11 is 3.11. The van der Waals surface area contributed by atoms with Crippen molar-refractivity contribution in [3.63, 3.8) is 0 Å². The average Bonchev–Trinajstić information content (AvgIpc) is 2.81. The number of hydrogen-bond acceptors (Lipinski definition) is 5. The van der Waals surface area contributed by atoms with Crippen molar-refractivity contribution < 1.29 is 0 Å². The number of nitriles is 1. The van der Waals surface area contributed by atoms with Crippen LogP contribution in [0.4, 0.5) is 0 Å². The lowest BCUT2D eigenvalue weighted by atomic mass is 10.3. The molecule has 0 saturated heterocycles. The molecule has 0 unspecified atom stereocenters. The van der Waals surface area contributed by atoms with Crippen LogP contribution in [0.2, 0.25) is 0 Å². The van der Waals surface area contributed by atoms with Crippen LogP contribution >= 0.6 is 23.1 Å². The summed E-state index contributed by atoms with van der Waals surface area (Å²) in [6.45, 7) is 0. The summed E-state index contributed by atoms with van der Waals surface area (Å²) in [6.07, 6.45) is 3.33. The van der Waals surface area contributed by atoms with E-state index in [4.69, 9.17) is 5.26 Å². The molecule has 3 nitrogen and oxygen atoms in total. The van der Waals surface area contributed by atoms with Crippen molar-refractivity contribution in [1.82, 2.24) is 9.97 Å². The first-order valence-corrected chi connectivity index (χ1v) is 6.87. The van der Waals surface area contributed by atoms with E-state index in [0.717, 1.165) is 19.5 Å². The lowest BCUT2D eigenvalue weighted by Crippen LogP contribution is -1.82. The lowest BCUT2D eigenvalue weighted by Gasteiger charge is -1.98. The second kappa shape index (κ2) is 4.77. The number of fused-ring (bicyclic) bond motifs is 1. The SMILES string of the molecule is N#Cc1ccncc1Sc1nc2ccccc2s1. The molecule has 0 bridgehead atoms. The van der Waals surface area contributed by atoms with E-state index in [-0.39, 0.29) is 0 Å². The zero-order chi connectivity index (χ0) is 12.4. The second-order valence-corrected chi connectivity index (χ2v) is 5.85. The van der Waals surface area contributed by atoms with Crippen LogP contribution in [-0.4, -0.2) is 9.97 Å². The second-order valence-electron chi connectivity index (χ2n) is 3.53. The standard InChI is InChI=1S/C13H7N3S2/c14-7-9-5-6-15-8-12(9)18-13-16-10-3-1-2-4-11(10)17-13/h1-6,8H. The van der Waals surface area contributed by atoms with Gasteiger partial charge in [-0.15, -0.1) is 11.3 Å². The van der Waals surface area contributed by atoms with E-state index in [1.165, 1.54) is 11.8 Å². The first kappa shape index (κ1) is 11.2. The highest BCUT2D eigenvalue weighted by molar-refractivity contribution is 8.01. The Balaban J connectivity index is 1.99. The average molecular weight is 269 g/mol. The van der Waals surface area contributed by atoms with Crippen molar-refractivity contribution in [2.45, 2.75) is 9.24 Å². The quantitative estimate of drug-likeness (QED) is 0.711. The van der Waals surface area contributed by atoms with Gasteiger partial charge in [-0.2, -0.15) is 5.26 Å². The number of hydrogen-bond donors (Lipinski definition) is 0. The number of rotatable bonds is 2. The van der Waals surface area contributed by atoms with Crippen LogP contribution in [0.25, 0.3) is 10.2 Å². The zero-order valence-electron chi connectivity index (χ0n) is 9.20. The van der Waals surface area contributed by atoms with Gasteiger partial charge in [-0.3, -0.25) is 4.98 Å². The summed E-state index contributed by atoms with van der Waals surface area (Å²) in [5, 5.41) is 9.03. The Labute approximate surface area is 112 Å². The summed E-state index contributed by atoms with van der Waals surface area (Å²) in [4.78, 5) is 9.42. The van der Waals surface area contributed by atoms with Gasteiger partial charge in [0.25, 0.3) is 0 Å². The maximum atomic E-state index is 9.03. The molecule has 0 amide bonds. The van der Waals surface area contributed by atoms with E-state index in [9.17, 15) is 0 Å². The van der Waals surface area contributed by atoms with Gasteiger partial charge < -0.3 is 0 Å². The van der Waals surface area contributed by atoms with E-state index in [1.807, 2.05) is 24.3 Å². The molecular formula is C13H7N3S2. The Morgan fingerprint density at radius 3 is 2.94 bits per heavy atom. The van der Waals surface area contributed by atoms with Crippen molar-refractivity contribution >= 4 is 33.3 Å². The Morgan fingerprint density at radius 1 is 1.22 bits per heavy atom. The Hall–Kier alpha value is -1.90. The van der Waals surface area contributed by atoms with Gasteiger partial charge in [0.05, 0.1) is 20.7 Å². The van der Waals surface area contributed by atoms with Crippen molar-refractivity contribution in [3.05, 3.63) is 48.3 Å². The van der Waals surface area contributed by atoms with Crippen molar-refractivity contribution in [2.75, 3.05) is 0 Å². The molecule has 2 heterocycles. The van der Waals surface area contributed by atoms with Crippen LogP contribution in [0, 0.1) is 11.3 Å². The smallest absolute Gasteiger partial charge is 0.156 e. The molecule has 0 atom stereocenters. The molecule has 0 aliphatic rings. The third kappa shape index (κ3) is 2.08. The third-order valence-electron chi connectivity index (χ3n) is 2.38. The van der Waals surface area contributed by atoms with Gasteiger partial charge in [0.2, 0.25) is 0 Å². The molecule has 0 aliphatic heterocycles. The summed E-state index contributed by atoms with van der Waals surface area (Å²) in [5.74, 6) is 0. The Morgan fingerprint density at radius 2 is 2.11 bits per heavy atom. The van der Waals surface area contributed by atoms with E-state index >= 15 is 0 Å². The fourth-order valence-electron chi connectivity index (χ4n) is 1.54. The molecule has 3 aromatic rings. The first-order valence-electron chi connectivity index (χ1n) is 5.24. The molecule has 0 spiro atoms. The molecule has 0 radical (unpaired) electrons. The normalized spacial score (nSPS) is 10.4. The number of pyridine rings is 1. The number of nitrogens with zero attached hydrogens (tertiary/aromatic N) is 3. The lowest BCUT2D eigenvalue weighted by molar-refractivity contribution is 1.20. The van der Waals surface area contributed by atoms with Crippen LogP contribution in [0.3, 0.4) is 0 Å². The van der Waals surface area contributed by atoms with Crippen LogP contribution in [0.5, 0.6) is 0 Å². The summed E-state index contributed by atoms with van der Waals surface area (Å²) in [6, 6.07) is 11.9. The molecule has 3 rings (SSSR count). The van der Waals surface area contributed by atoms with Gasteiger partial charge in [-0.05, 0) is 18.2 Å². The zero-order valence-corrected chi connectivity index (χ0v) is 10.8. The minimum absolute atomic E-state index is 0.634. The number of para-hydroxylation sites is 1. The molecule has 0 saturated carbocycles. The monoisotopic (exact) mass is 269 g/mol.